The van der Waals surface area contributed by atoms with Crippen LogP contribution in [0.15, 0.2) is 66.2 Å². The van der Waals surface area contributed by atoms with E-state index in [0.717, 1.165) is 38.7 Å². The maximum Gasteiger partial charge on any atom is 0.417 e. The minimum Gasteiger partial charge on any atom is -0.491 e. The summed E-state index contributed by atoms with van der Waals surface area (Å²) in [6.45, 7) is 11.3. The Balaban J connectivity index is 0.879. The number of ether oxygens (including phenoxy) is 3. The van der Waals surface area contributed by atoms with Gasteiger partial charge in [0.05, 0.1) is 51.7 Å². The van der Waals surface area contributed by atoms with Crippen molar-refractivity contribution >= 4 is 63.7 Å². The zero-order chi connectivity index (χ0) is 51.8. The number of benzene rings is 3. The standard InChI is InChI=1S/C50H57F4N7O8S2/c1-30-42(71-29-57-30)32-12-10-31(11-13-32)26-56-44(64)39-24-36(62)27-59(39)45(65)43(48(2,3)4)58-41(63)28-68-20-9-19-67-18-7-8-21-69-40-17-16-35(23-38(40)51)61-47(70)60(46(66)49(61,5)6)34-15-14-33(25-55)37(22-34)50(52,53)54/h10-17,22-23,29,36,39,43,62H,7-9,18-21,24,26-28H2,1-6H3,(H,56,64)(H,58,63)/t36-,39+,43-/m1/s1. The number of aliphatic hydroxyl groups is 1. The Labute approximate surface area is 419 Å². The van der Waals surface area contributed by atoms with Crippen LogP contribution in [0, 0.1) is 29.5 Å². The van der Waals surface area contributed by atoms with Crippen molar-refractivity contribution in [1.82, 2.24) is 20.5 Å². The molecule has 0 radical (unpaired) electrons. The van der Waals surface area contributed by atoms with Crippen LogP contribution in [0.1, 0.15) is 82.7 Å². The normalized spacial score (nSPS) is 17.4. The molecule has 71 heavy (non-hydrogen) atoms. The van der Waals surface area contributed by atoms with Crippen LogP contribution >= 0.6 is 23.6 Å². The Hall–Kier alpha value is -6.05. The molecule has 2 aliphatic heterocycles. The second kappa shape index (κ2) is 23.0. The second-order valence-electron chi connectivity index (χ2n) is 18.8. The minimum atomic E-state index is -4.85. The minimum absolute atomic E-state index is 0.0501. The van der Waals surface area contributed by atoms with Gasteiger partial charge in [0, 0.05) is 51.1 Å². The molecule has 2 aliphatic rings. The lowest BCUT2D eigenvalue weighted by Crippen LogP contribution is -2.58. The molecule has 1 aromatic heterocycles. The molecule has 2 saturated heterocycles. The highest BCUT2D eigenvalue weighted by molar-refractivity contribution is 7.81. The summed E-state index contributed by atoms with van der Waals surface area (Å²) in [7, 11) is 0. The second-order valence-corrected chi connectivity index (χ2v) is 20.0. The quantitative estimate of drug-likeness (QED) is 0.0452. The van der Waals surface area contributed by atoms with Gasteiger partial charge in [-0.1, -0.05) is 45.0 Å². The van der Waals surface area contributed by atoms with Crippen LogP contribution in [0.2, 0.25) is 0 Å². The first-order valence-electron chi connectivity index (χ1n) is 23.0. The highest BCUT2D eigenvalue weighted by Gasteiger charge is 2.51. The number of unbranched alkanes of at least 4 members (excludes halogenated alkanes) is 1. The van der Waals surface area contributed by atoms with Gasteiger partial charge in [-0.25, -0.2) is 9.37 Å². The van der Waals surface area contributed by atoms with E-state index in [1.807, 2.05) is 31.2 Å². The van der Waals surface area contributed by atoms with Gasteiger partial charge in [0.2, 0.25) is 17.7 Å². The Bertz CT molecular complexity index is 2630. The first-order chi connectivity index (χ1) is 33.5. The van der Waals surface area contributed by atoms with Crippen molar-refractivity contribution in [3.8, 4) is 22.3 Å². The van der Waals surface area contributed by atoms with Gasteiger partial charge in [-0.05, 0) is 99.1 Å². The van der Waals surface area contributed by atoms with Crippen LogP contribution in [0.4, 0.5) is 28.9 Å². The zero-order valence-corrected chi connectivity index (χ0v) is 41.9. The summed E-state index contributed by atoms with van der Waals surface area (Å²) in [6, 6.07) is 14.2. The number of β-amino-alcohol motifs (C(OH)–C–C–N with tert-alkyl or cyclic N) is 1. The molecular weight excluding hydrogens is 967 g/mol. The lowest BCUT2D eigenvalue weighted by molar-refractivity contribution is -0.144. The van der Waals surface area contributed by atoms with Gasteiger partial charge < -0.3 is 39.8 Å². The predicted molar refractivity (Wildman–Crippen MR) is 262 cm³/mol. The van der Waals surface area contributed by atoms with Gasteiger partial charge in [-0.15, -0.1) is 11.3 Å². The first-order valence-corrected chi connectivity index (χ1v) is 24.2. The topological polar surface area (TPSA) is 187 Å². The van der Waals surface area contributed by atoms with Crippen LogP contribution in [0.3, 0.4) is 0 Å². The number of thiazole rings is 1. The third-order valence-corrected chi connectivity index (χ3v) is 13.3. The average molecular weight is 1020 g/mol. The van der Waals surface area contributed by atoms with E-state index in [-0.39, 0.29) is 61.6 Å². The van der Waals surface area contributed by atoms with Crippen molar-refractivity contribution in [3.05, 3.63) is 94.4 Å². The number of thiocarbonyl (C=S) groups is 1. The predicted octanol–water partition coefficient (Wildman–Crippen LogP) is 7.46. The fourth-order valence-electron chi connectivity index (χ4n) is 8.21. The fourth-order valence-corrected chi connectivity index (χ4v) is 9.54. The van der Waals surface area contributed by atoms with Gasteiger partial charge in [0.15, 0.2) is 16.7 Å². The summed E-state index contributed by atoms with van der Waals surface area (Å²) in [5.74, 6) is -2.84. The van der Waals surface area contributed by atoms with Gasteiger partial charge in [0.25, 0.3) is 5.91 Å². The van der Waals surface area contributed by atoms with Gasteiger partial charge >= 0.3 is 6.18 Å². The third-order valence-electron chi connectivity index (χ3n) is 12.0. The van der Waals surface area contributed by atoms with E-state index in [2.05, 4.69) is 15.6 Å². The number of carbonyl (C=O) groups is 4. The maximum atomic E-state index is 15.3. The lowest BCUT2D eigenvalue weighted by Gasteiger charge is -2.35. The zero-order valence-electron chi connectivity index (χ0n) is 40.2. The Morgan fingerprint density at radius 1 is 0.986 bits per heavy atom. The van der Waals surface area contributed by atoms with E-state index in [9.17, 15) is 42.7 Å². The summed E-state index contributed by atoms with van der Waals surface area (Å²) in [6.07, 6.45) is -4.11. The molecule has 0 unspecified atom stereocenters. The van der Waals surface area contributed by atoms with Gasteiger partial charge in [0.1, 0.15) is 24.2 Å². The van der Waals surface area contributed by atoms with E-state index < -0.39 is 75.9 Å². The van der Waals surface area contributed by atoms with Gasteiger partial charge in [-0.2, -0.15) is 18.4 Å². The Morgan fingerprint density at radius 3 is 2.31 bits per heavy atom. The number of likely N-dealkylation sites (tertiary alicyclic amines) is 1. The van der Waals surface area contributed by atoms with Crippen molar-refractivity contribution < 1.29 is 56.1 Å². The number of halogens is 4. The molecule has 4 amide bonds. The number of rotatable bonds is 20. The average Bonchev–Trinajstić information content (AvgIpc) is 3.98. The highest BCUT2D eigenvalue weighted by atomic mass is 32.1. The van der Waals surface area contributed by atoms with Crippen LogP contribution in [-0.2, 0) is 41.4 Å². The number of nitrogens with one attached hydrogen (secondary N) is 2. The Kier molecular flexibility index (Phi) is 17.6. The summed E-state index contributed by atoms with van der Waals surface area (Å²) >= 11 is 7.09. The maximum absolute atomic E-state index is 15.3. The number of aliphatic hydroxyl groups excluding tert-OH is 1. The number of aryl methyl sites for hydroxylation is 1. The number of amides is 4. The molecular formula is C50H57F4N7O8S2. The van der Waals surface area contributed by atoms with E-state index in [4.69, 9.17) is 26.4 Å². The first kappa shape index (κ1) is 54.3. The number of hydrogen-bond donors (Lipinski definition) is 3. The molecule has 0 saturated carbocycles. The molecule has 3 aromatic carbocycles. The summed E-state index contributed by atoms with van der Waals surface area (Å²) in [4.78, 5) is 62.9. The molecule has 4 aromatic rings. The number of hydrogen-bond acceptors (Lipinski definition) is 12. The number of nitrogens with zero attached hydrogens (tertiary/aromatic N) is 5. The van der Waals surface area contributed by atoms with E-state index in [1.165, 1.54) is 47.9 Å². The SMILES string of the molecule is Cc1ncsc1-c1ccc(CNC(=O)[C@@H]2C[C@@H](O)CN2C(=O)[C@@H](NC(=O)COCCCOCCCCOc2ccc(N3C(=S)N(c4ccc(C#N)c(C(F)(F)F)c4)C(=O)C3(C)C)cc2F)C(C)(C)C)cc1. The van der Waals surface area contributed by atoms with Crippen molar-refractivity contribution in [2.45, 2.75) is 104 Å². The molecule has 0 aliphatic carbocycles. The fraction of sp³-hybridized carbons (Fsp3) is 0.460. The van der Waals surface area contributed by atoms with Crippen molar-refractivity contribution in [3.63, 3.8) is 0 Å². The third kappa shape index (κ3) is 13.1. The van der Waals surface area contributed by atoms with Crippen molar-refractivity contribution in [2.75, 3.05) is 49.4 Å². The molecule has 3 heterocycles. The highest BCUT2D eigenvalue weighted by Crippen LogP contribution is 2.40. The Morgan fingerprint density at radius 2 is 1.66 bits per heavy atom. The number of nitriles is 1. The molecule has 0 spiro atoms. The smallest absolute Gasteiger partial charge is 0.417 e. The van der Waals surface area contributed by atoms with Crippen LogP contribution < -0.4 is 25.2 Å². The largest absolute Gasteiger partial charge is 0.491 e. The number of carbonyl (C=O) groups excluding carboxylic acids is 4. The van der Waals surface area contributed by atoms with Crippen LogP contribution in [-0.4, -0.2) is 107 Å². The van der Waals surface area contributed by atoms with Gasteiger partial charge in [-0.3, -0.25) is 24.1 Å². The monoisotopic (exact) mass is 1020 g/mol. The van der Waals surface area contributed by atoms with E-state index >= 15 is 4.39 Å². The summed E-state index contributed by atoms with van der Waals surface area (Å²) in [5.41, 5.74) is 0.670. The van der Waals surface area contributed by atoms with Crippen LogP contribution in [0.25, 0.3) is 10.4 Å². The molecule has 21 heteroatoms. The summed E-state index contributed by atoms with van der Waals surface area (Å²) < 4.78 is 73.3. The van der Waals surface area contributed by atoms with E-state index in [1.54, 1.807) is 37.6 Å². The lowest BCUT2D eigenvalue weighted by atomic mass is 9.85. The number of anilines is 2. The number of aromatic nitrogens is 1. The number of alkyl halides is 3. The van der Waals surface area contributed by atoms with E-state index in [0.29, 0.717) is 38.5 Å². The van der Waals surface area contributed by atoms with Crippen molar-refractivity contribution in [1.29, 1.82) is 5.26 Å². The molecule has 3 N–H and O–H groups in total. The molecule has 6 rings (SSSR count). The van der Waals surface area contributed by atoms with Crippen LogP contribution in [0.5, 0.6) is 5.75 Å². The molecule has 2 fully saturated rings. The molecule has 15 nitrogen and oxygen atoms in total. The molecule has 0 bridgehead atoms. The molecule has 380 valence electrons. The van der Waals surface area contributed by atoms with Crippen molar-refractivity contribution in [2.24, 2.45) is 5.41 Å². The molecule has 3 atom stereocenters. The summed E-state index contributed by atoms with van der Waals surface area (Å²) in [5, 5.41) is 25.2.